The first-order valence-corrected chi connectivity index (χ1v) is 15.4. The van der Waals surface area contributed by atoms with E-state index in [-0.39, 0.29) is 31.2 Å². The number of carboxylic acid groups (broad SMARTS) is 1. The number of rotatable bonds is 15. The van der Waals surface area contributed by atoms with Gasteiger partial charge in [0.05, 0.1) is 33.8 Å². The van der Waals surface area contributed by atoms with Crippen molar-refractivity contribution >= 4 is 29.7 Å². The number of aliphatic carboxylic acids is 1. The molecule has 3 N–H and O–H groups in total. The fourth-order valence-electron chi connectivity index (χ4n) is 4.82. The van der Waals surface area contributed by atoms with Gasteiger partial charge in [-0.15, -0.1) is 0 Å². The SMILES string of the molecule is CC.CC(=O)OCc1ccc(CCCN(CCC[N+](C)(C)C)C(=O)CN2C(=O)C=CC2=O)cc1OC1CC(O)[C@H](O)C(C(=O)O)O1. The van der Waals surface area contributed by atoms with Gasteiger partial charge in [-0.2, -0.15) is 0 Å². The van der Waals surface area contributed by atoms with Crippen molar-refractivity contribution in [1.29, 1.82) is 0 Å². The van der Waals surface area contributed by atoms with Crippen molar-refractivity contribution in [2.45, 2.75) is 77.7 Å². The predicted molar refractivity (Wildman–Crippen MR) is 165 cm³/mol. The van der Waals surface area contributed by atoms with E-state index in [4.69, 9.17) is 14.2 Å². The molecule has 0 saturated carbocycles. The molecule has 14 nitrogen and oxygen atoms in total. The van der Waals surface area contributed by atoms with Gasteiger partial charge in [-0.25, -0.2) is 4.79 Å². The van der Waals surface area contributed by atoms with Crippen molar-refractivity contribution in [1.82, 2.24) is 9.80 Å². The second-order valence-electron chi connectivity index (χ2n) is 11.9. The normalized spacial score (nSPS) is 21.0. The minimum Gasteiger partial charge on any atom is -0.479 e. The summed E-state index contributed by atoms with van der Waals surface area (Å²) in [6.07, 6.45) is -2.05. The van der Waals surface area contributed by atoms with E-state index in [0.29, 0.717) is 36.0 Å². The molecule has 0 spiro atoms. The molecule has 2 heterocycles. The second kappa shape index (κ2) is 17.7. The van der Waals surface area contributed by atoms with Crippen LogP contribution in [0.2, 0.25) is 0 Å². The molecule has 2 aliphatic heterocycles. The summed E-state index contributed by atoms with van der Waals surface area (Å²) >= 11 is 0. The molecule has 0 radical (unpaired) electrons. The maximum absolute atomic E-state index is 13.2. The van der Waals surface area contributed by atoms with Crippen LogP contribution in [0, 0.1) is 0 Å². The molecule has 14 heteroatoms. The van der Waals surface area contributed by atoms with E-state index in [0.717, 1.165) is 35.6 Å². The van der Waals surface area contributed by atoms with Gasteiger partial charge in [0.2, 0.25) is 12.2 Å². The Morgan fingerprint density at radius 3 is 2.26 bits per heavy atom. The number of hydrogen-bond acceptors (Lipinski definition) is 10. The van der Waals surface area contributed by atoms with Gasteiger partial charge in [0.1, 0.15) is 25.0 Å². The van der Waals surface area contributed by atoms with E-state index in [1.165, 1.54) is 6.92 Å². The van der Waals surface area contributed by atoms with Gasteiger partial charge in [-0.1, -0.05) is 26.0 Å². The number of ether oxygens (including phenoxy) is 3. The van der Waals surface area contributed by atoms with E-state index < -0.39 is 48.4 Å². The third-order valence-electron chi connectivity index (χ3n) is 7.20. The smallest absolute Gasteiger partial charge is 0.335 e. The van der Waals surface area contributed by atoms with Crippen molar-refractivity contribution in [3.05, 3.63) is 41.5 Å². The Morgan fingerprint density at radius 2 is 1.67 bits per heavy atom. The van der Waals surface area contributed by atoms with Crippen LogP contribution in [0.5, 0.6) is 5.75 Å². The Hall–Kier alpha value is -3.85. The summed E-state index contributed by atoms with van der Waals surface area (Å²) in [6.45, 7) is 6.43. The zero-order chi connectivity index (χ0) is 34.6. The maximum Gasteiger partial charge on any atom is 0.335 e. The standard InChI is InChI=1S/C30H41N3O11.C2H6/c1-19(34)42-18-21-9-8-20(15-23(21)43-27-16-22(35)28(39)29(44-27)30(40)41)7-5-12-31(13-6-14-33(2,3)4)26(38)17-32-24(36)10-11-25(32)37;1-2/h8-11,15,22,27-29,35,39H,5-7,12-14,16-18H2,1-4H3;1-2H3/p+1/t22?,27?,28-,29?;/m0./s1. The van der Waals surface area contributed by atoms with Crippen LogP contribution in [0.4, 0.5) is 0 Å². The van der Waals surface area contributed by atoms with Crippen molar-refractivity contribution in [3.8, 4) is 5.75 Å². The number of aliphatic hydroxyl groups is 2. The molecule has 1 aromatic carbocycles. The minimum atomic E-state index is -1.69. The number of quaternary nitrogens is 1. The Morgan fingerprint density at radius 1 is 1.04 bits per heavy atom. The average Bonchev–Trinajstić information content (AvgIpc) is 3.30. The van der Waals surface area contributed by atoms with E-state index in [9.17, 15) is 39.3 Å². The molecule has 4 atom stereocenters. The fourth-order valence-corrected chi connectivity index (χ4v) is 4.82. The number of carbonyl (C=O) groups is 5. The van der Waals surface area contributed by atoms with Gasteiger partial charge in [-0.05, 0) is 24.5 Å². The topological polar surface area (TPSA) is 180 Å². The number of carboxylic acids is 1. The quantitative estimate of drug-likeness (QED) is 0.139. The number of amides is 3. The van der Waals surface area contributed by atoms with Crippen LogP contribution in [0.25, 0.3) is 0 Å². The highest BCUT2D eigenvalue weighted by molar-refractivity contribution is 6.14. The lowest BCUT2D eigenvalue weighted by Crippen LogP contribution is -2.53. The number of carbonyl (C=O) groups excluding carboxylic acids is 4. The third-order valence-corrected chi connectivity index (χ3v) is 7.20. The van der Waals surface area contributed by atoms with Gasteiger partial charge in [0.25, 0.3) is 11.8 Å². The van der Waals surface area contributed by atoms with Gasteiger partial charge < -0.3 is 38.9 Å². The number of esters is 1. The zero-order valence-electron chi connectivity index (χ0n) is 27.5. The molecule has 0 aliphatic carbocycles. The lowest BCUT2D eigenvalue weighted by molar-refractivity contribution is -0.870. The molecule has 1 fully saturated rings. The van der Waals surface area contributed by atoms with Crippen molar-refractivity contribution in [2.75, 3.05) is 47.3 Å². The molecule has 3 amide bonds. The second-order valence-corrected chi connectivity index (χ2v) is 11.9. The van der Waals surface area contributed by atoms with Crippen LogP contribution in [0.15, 0.2) is 30.4 Å². The predicted octanol–water partition coefficient (Wildman–Crippen LogP) is 0.859. The lowest BCUT2D eigenvalue weighted by Gasteiger charge is -2.35. The average molecular weight is 651 g/mol. The van der Waals surface area contributed by atoms with Gasteiger partial charge in [0.15, 0.2) is 6.10 Å². The lowest BCUT2D eigenvalue weighted by atomic mass is 10.0. The minimum absolute atomic E-state index is 0.122. The molecule has 1 aromatic rings. The summed E-state index contributed by atoms with van der Waals surface area (Å²) in [5.41, 5.74) is 1.27. The first-order valence-electron chi connectivity index (χ1n) is 15.4. The highest BCUT2D eigenvalue weighted by Gasteiger charge is 2.42. The summed E-state index contributed by atoms with van der Waals surface area (Å²) in [7, 11) is 6.15. The summed E-state index contributed by atoms with van der Waals surface area (Å²) in [5.74, 6) is -3.09. The number of imide groups is 1. The molecular weight excluding hydrogens is 602 g/mol. The molecule has 0 aromatic heterocycles. The Bertz CT molecular complexity index is 1240. The van der Waals surface area contributed by atoms with E-state index in [1.54, 1.807) is 17.0 Å². The zero-order valence-corrected chi connectivity index (χ0v) is 27.5. The number of nitrogens with zero attached hydrogens (tertiary/aromatic N) is 3. The van der Waals surface area contributed by atoms with Crippen molar-refractivity contribution < 1.29 is 58.0 Å². The number of benzene rings is 1. The maximum atomic E-state index is 13.2. The highest BCUT2D eigenvalue weighted by atomic mass is 16.7. The summed E-state index contributed by atoms with van der Waals surface area (Å²) in [6, 6.07) is 5.19. The number of aryl methyl sites for hydroxylation is 1. The molecular formula is C32H48N3O11+. The Kier molecular flexibility index (Phi) is 14.8. The molecule has 1 saturated heterocycles. The van der Waals surface area contributed by atoms with Gasteiger partial charge in [-0.3, -0.25) is 24.1 Å². The van der Waals surface area contributed by atoms with E-state index >= 15 is 0 Å². The Labute approximate surface area is 269 Å². The van der Waals surface area contributed by atoms with Crippen LogP contribution >= 0.6 is 0 Å². The molecule has 2 aliphatic rings. The van der Waals surface area contributed by atoms with Crippen LogP contribution in [-0.4, -0.2) is 131 Å². The molecule has 256 valence electrons. The Balaban J connectivity index is 0.00000361. The summed E-state index contributed by atoms with van der Waals surface area (Å²) in [4.78, 5) is 62.6. The van der Waals surface area contributed by atoms with Crippen molar-refractivity contribution in [3.63, 3.8) is 0 Å². The van der Waals surface area contributed by atoms with Crippen molar-refractivity contribution in [2.24, 2.45) is 0 Å². The largest absolute Gasteiger partial charge is 0.479 e. The monoisotopic (exact) mass is 650 g/mol. The highest BCUT2D eigenvalue weighted by Crippen LogP contribution is 2.28. The van der Waals surface area contributed by atoms with Crippen LogP contribution in [-0.2, 0) is 46.5 Å². The number of aliphatic hydroxyl groups excluding tert-OH is 2. The van der Waals surface area contributed by atoms with Gasteiger partial charge in [0, 0.05) is 50.6 Å². The first-order chi connectivity index (χ1) is 21.6. The van der Waals surface area contributed by atoms with E-state index in [2.05, 4.69) is 0 Å². The van der Waals surface area contributed by atoms with Crippen LogP contribution < -0.4 is 4.74 Å². The van der Waals surface area contributed by atoms with Crippen LogP contribution in [0.1, 0.15) is 51.2 Å². The molecule has 3 rings (SSSR count). The van der Waals surface area contributed by atoms with E-state index in [1.807, 2.05) is 41.1 Å². The summed E-state index contributed by atoms with van der Waals surface area (Å²) < 4.78 is 17.1. The summed E-state index contributed by atoms with van der Waals surface area (Å²) in [5, 5.41) is 29.5. The van der Waals surface area contributed by atoms with Crippen LogP contribution in [0.3, 0.4) is 0 Å². The first kappa shape index (κ1) is 38.3. The molecule has 3 unspecified atom stereocenters. The molecule has 0 bridgehead atoms. The third kappa shape index (κ3) is 11.8. The fraction of sp³-hybridized carbons (Fsp3) is 0.594. The number of hydrogen-bond donors (Lipinski definition) is 3. The van der Waals surface area contributed by atoms with Gasteiger partial charge >= 0.3 is 11.9 Å². The molecule has 46 heavy (non-hydrogen) atoms.